The number of rotatable bonds is 4. The summed E-state index contributed by atoms with van der Waals surface area (Å²) in [5.41, 5.74) is 1.13. The van der Waals surface area contributed by atoms with Crippen molar-refractivity contribution in [1.29, 1.82) is 0 Å². The van der Waals surface area contributed by atoms with E-state index in [0.717, 1.165) is 10.9 Å². The van der Waals surface area contributed by atoms with E-state index in [1.807, 2.05) is 0 Å². The minimum absolute atomic E-state index is 0.0583. The van der Waals surface area contributed by atoms with Gasteiger partial charge in [-0.25, -0.2) is 13.2 Å². The van der Waals surface area contributed by atoms with Crippen LogP contribution in [0.5, 0.6) is 0 Å². The van der Waals surface area contributed by atoms with Gasteiger partial charge in [-0.15, -0.1) is 0 Å². The van der Waals surface area contributed by atoms with Gasteiger partial charge in [0.2, 0.25) is 10.0 Å². The third-order valence-corrected chi connectivity index (χ3v) is 4.19. The minimum atomic E-state index is -3.34. The zero-order valence-electron chi connectivity index (χ0n) is 10.8. The largest absolute Gasteiger partial charge is 0.423 e. The highest BCUT2D eigenvalue weighted by Gasteiger charge is 2.10. The van der Waals surface area contributed by atoms with Gasteiger partial charge < -0.3 is 4.42 Å². The maximum atomic E-state index is 11.7. The first kappa shape index (κ1) is 13.6. The van der Waals surface area contributed by atoms with E-state index >= 15 is 0 Å². The monoisotopic (exact) mass is 281 g/mol. The maximum absolute atomic E-state index is 11.7. The van der Waals surface area contributed by atoms with Crippen molar-refractivity contribution >= 4 is 26.7 Å². The van der Waals surface area contributed by atoms with E-state index in [0.29, 0.717) is 17.7 Å². The van der Waals surface area contributed by atoms with Crippen molar-refractivity contribution in [3.8, 4) is 0 Å². The predicted molar refractivity (Wildman–Crippen MR) is 74.9 cm³/mol. The second-order valence-corrected chi connectivity index (χ2v) is 6.22. The molecule has 1 N–H and O–H groups in total. The van der Waals surface area contributed by atoms with Gasteiger partial charge in [-0.3, -0.25) is 4.72 Å². The third-order valence-electron chi connectivity index (χ3n) is 2.70. The van der Waals surface area contributed by atoms with Gasteiger partial charge in [-0.05, 0) is 31.0 Å². The molecule has 0 saturated carbocycles. The van der Waals surface area contributed by atoms with Gasteiger partial charge in [0.15, 0.2) is 0 Å². The van der Waals surface area contributed by atoms with E-state index in [1.165, 1.54) is 12.1 Å². The number of anilines is 1. The summed E-state index contributed by atoms with van der Waals surface area (Å²) in [5, 5.41) is 0.790. The Bertz CT molecular complexity index is 762. The quantitative estimate of drug-likeness (QED) is 0.872. The second-order valence-electron chi connectivity index (χ2n) is 4.38. The summed E-state index contributed by atoms with van der Waals surface area (Å²) < 4.78 is 30.9. The number of nitrogens with one attached hydrogen (secondary N) is 1. The molecule has 0 aliphatic heterocycles. The topological polar surface area (TPSA) is 76.4 Å². The number of hydrogen-bond acceptors (Lipinski definition) is 4. The molecule has 102 valence electrons. The van der Waals surface area contributed by atoms with E-state index in [9.17, 15) is 13.2 Å². The molecule has 1 aromatic carbocycles. The summed E-state index contributed by atoms with van der Waals surface area (Å²) >= 11 is 0. The van der Waals surface area contributed by atoms with Crippen molar-refractivity contribution in [3.63, 3.8) is 0 Å². The lowest BCUT2D eigenvalue weighted by Crippen LogP contribution is -2.16. The van der Waals surface area contributed by atoms with Gasteiger partial charge in [-0.2, -0.15) is 0 Å². The average molecular weight is 281 g/mol. The zero-order valence-corrected chi connectivity index (χ0v) is 11.6. The van der Waals surface area contributed by atoms with Crippen LogP contribution < -0.4 is 10.3 Å². The first-order valence-electron chi connectivity index (χ1n) is 5.96. The molecule has 19 heavy (non-hydrogen) atoms. The second kappa shape index (κ2) is 5.05. The van der Waals surface area contributed by atoms with Gasteiger partial charge in [0.1, 0.15) is 5.58 Å². The van der Waals surface area contributed by atoms with Crippen molar-refractivity contribution in [1.82, 2.24) is 0 Å². The number of sulfonamides is 1. The van der Waals surface area contributed by atoms with Crippen molar-refractivity contribution in [3.05, 3.63) is 40.2 Å². The van der Waals surface area contributed by atoms with E-state index in [-0.39, 0.29) is 5.75 Å². The highest BCUT2D eigenvalue weighted by atomic mass is 32.2. The highest BCUT2D eigenvalue weighted by molar-refractivity contribution is 7.92. The van der Waals surface area contributed by atoms with Crippen molar-refractivity contribution in [2.24, 2.45) is 0 Å². The van der Waals surface area contributed by atoms with Gasteiger partial charge in [0.25, 0.3) is 0 Å². The van der Waals surface area contributed by atoms with Crippen LogP contribution in [0.25, 0.3) is 11.0 Å². The van der Waals surface area contributed by atoms with Crippen LogP contribution >= 0.6 is 0 Å². The SMILES string of the molecule is CCCS(=O)(=O)Nc1ccc2c(C)cc(=O)oc2c1. The summed E-state index contributed by atoms with van der Waals surface area (Å²) in [6.07, 6.45) is 0.539. The van der Waals surface area contributed by atoms with Crippen LogP contribution in [0.2, 0.25) is 0 Å². The van der Waals surface area contributed by atoms with Gasteiger partial charge in [0.05, 0.1) is 11.4 Å². The zero-order chi connectivity index (χ0) is 14.0. The Morgan fingerprint density at radius 3 is 2.68 bits per heavy atom. The Balaban J connectivity index is 2.45. The fraction of sp³-hybridized carbons (Fsp3) is 0.308. The molecule has 5 nitrogen and oxygen atoms in total. The van der Waals surface area contributed by atoms with Crippen LogP contribution in [0, 0.1) is 6.92 Å². The summed E-state index contributed by atoms with van der Waals surface area (Å²) in [5.74, 6) is 0.0583. The molecular weight excluding hydrogens is 266 g/mol. The molecule has 0 bridgehead atoms. The number of aryl methyl sites for hydroxylation is 1. The smallest absolute Gasteiger partial charge is 0.336 e. The minimum Gasteiger partial charge on any atom is -0.423 e. The number of fused-ring (bicyclic) bond motifs is 1. The molecule has 2 rings (SSSR count). The van der Waals surface area contributed by atoms with E-state index in [2.05, 4.69) is 4.72 Å². The highest BCUT2D eigenvalue weighted by Crippen LogP contribution is 2.21. The molecule has 0 aliphatic rings. The van der Waals surface area contributed by atoms with Crippen LogP contribution in [0.4, 0.5) is 5.69 Å². The lowest BCUT2D eigenvalue weighted by molar-refractivity contribution is 0.560. The lowest BCUT2D eigenvalue weighted by Gasteiger charge is -2.08. The molecule has 0 spiro atoms. The van der Waals surface area contributed by atoms with Crippen LogP contribution in [0.15, 0.2) is 33.5 Å². The molecule has 1 aromatic heterocycles. The van der Waals surface area contributed by atoms with Crippen LogP contribution in [-0.4, -0.2) is 14.2 Å². The van der Waals surface area contributed by atoms with Gasteiger partial charge in [-0.1, -0.05) is 6.92 Å². The molecule has 0 unspecified atom stereocenters. The van der Waals surface area contributed by atoms with Gasteiger partial charge >= 0.3 is 5.63 Å². The Kier molecular flexibility index (Phi) is 3.61. The summed E-state index contributed by atoms with van der Waals surface area (Å²) in [6, 6.07) is 6.32. The molecule has 0 radical (unpaired) electrons. The van der Waals surface area contributed by atoms with E-state index in [1.54, 1.807) is 26.0 Å². The van der Waals surface area contributed by atoms with Crippen molar-refractivity contribution in [2.75, 3.05) is 10.5 Å². The standard InChI is InChI=1S/C13H15NO4S/c1-3-6-19(16,17)14-10-4-5-11-9(2)7-13(15)18-12(11)8-10/h4-5,7-8,14H,3,6H2,1-2H3. The number of benzene rings is 1. The average Bonchev–Trinajstić information content (AvgIpc) is 2.26. The molecule has 0 fully saturated rings. The van der Waals surface area contributed by atoms with Crippen LogP contribution in [0.3, 0.4) is 0 Å². The molecule has 2 aromatic rings. The molecule has 0 atom stereocenters. The first-order valence-corrected chi connectivity index (χ1v) is 7.61. The van der Waals surface area contributed by atoms with Crippen LogP contribution in [0.1, 0.15) is 18.9 Å². The summed E-state index contributed by atoms with van der Waals surface area (Å²) in [6.45, 7) is 3.60. The van der Waals surface area contributed by atoms with E-state index < -0.39 is 15.6 Å². The van der Waals surface area contributed by atoms with E-state index in [4.69, 9.17) is 4.42 Å². The summed E-state index contributed by atoms with van der Waals surface area (Å²) in [7, 11) is -3.34. The van der Waals surface area contributed by atoms with Crippen molar-refractivity contribution < 1.29 is 12.8 Å². The number of hydrogen-bond donors (Lipinski definition) is 1. The Hall–Kier alpha value is -1.82. The predicted octanol–water partition coefficient (Wildman–Crippen LogP) is 2.25. The maximum Gasteiger partial charge on any atom is 0.336 e. The lowest BCUT2D eigenvalue weighted by atomic mass is 10.1. The van der Waals surface area contributed by atoms with Gasteiger partial charge in [0, 0.05) is 17.5 Å². The van der Waals surface area contributed by atoms with Crippen molar-refractivity contribution in [2.45, 2.75) is 20.3 Å². The molecular formula is C13H15NO4S. The molecule has 0 saturated heterocycles. The Morgan fingerprint density at radius 1 is 1.26 bits per heavy atom. The fourth-order valence-corrected chi connectivity index (χ4v) is 3.01. The molecule has 0 aliphatic carbocycles. The third kappa shape index (κ3) is 3.14. The van der Waals surface area contributed by atoms with Crippen LogP contribution in [-0.2, 0) is 10.0 Å². The first-order chi connectivity index (χ1) is 8.91. The molecule has 6 heteroatoms. The Labute approximate surface area is 111 Å². The molecule has 0 amide bonds. The Morgan fingerprint density at radius 2 is 2.00 bits per heavy atom. The molecule has 1 heterocycles. The fourth-order valence-electron chi connectivity index (χ4n) is 1.89. The summed E-state index contributed by atoms with van der Waals surface area (Å²) in [4.78, 5) is 11.3. The normalized spacial score (nSPS) is 11.7.